The number of nitrogens with zero attached hydrogens (tertiary/aromatic N) is 1. The average Bonchev–Trinajstić information content (AvgIpc) is 2.77. The van der Waals surface area contributed by atoms with E-state index in [-0.39, 0.29) is 11.8 Å². The van der Waals surface area contributed by atoms with E-state index in [1.165, 1.54) is 12.8 Å². The molecule has 2 fully saturated rings. The van der Waals surface area contributed by atoms with Crippen LogP contribution in [0.15, 0.2) is 17.3 Å². The molecule has 2 aliphatic carbocycles. The molecule has 0 radical (unpaired) electrons. The summed E-state index contributed by atoms with van der Waals surface area (Å²) in [7, 11) is 0. The van der Waals surface area contributed by atoms with Crippen molar-refractivity contribution in [2.75, 3.05) is 6.61 Å². The van der Waals surface area contributed by atoms with Crippen molar-refractivity contribution in [1.82, 2.24) is 0 Å². The zero-order valence-corrected chi connectivity index (χ0v) is 14.3. The molecule has 0 bridgehead atoms. The normalized spacial score (nSPS) is 31.9. The second-order valence-corrected chi connectivity index (χ2v) is 6.91. The number of carboxylic acids is 1. The number of oxime groups is 1. The van der Waals surface area contributed by atoms with Crippen molar-refractivity contribution in [3.8, 4) is 0 Å². The molecule has 0 spiro atoms. The Morgan fingerprint density at radius 2 is 2.21 bits per heavy atom. The van der Waals surface area contributed by atoms with Crippen LogP contribution in [0.3, 0.4) is 0 Å². The third-order valence-electron chi connectivity index (χ3n) is 5.10. The van der Waals surface area contributed by atoms with Gasteiger partial charge < -0.3 is 20.2 Å². The predicted molar refractivity (Wildman–Crippen MR) is 90.6 cm³/mol. The molecular formula is C18H29NO5. The molecule has 0 aromatic rings. The van der Waals surface area contributed by atoms with Gasteiger partial charge in [-0.3, -0.25) is 0 Å². The zero-order chi connectivity index (χ0) is 17.5. The van der Waals surface area contributed by atoms with Crippen molar-refractivity contribution in [2.24, 2.45) is 22.9 Å². The van der Waals surface area contributed by atoms with Crippen molar-refractivity contribution in [3.63, 3.8) is 0 Å². The second-order valence-electron chi connectivity index (χ2n) is 6.91. The van der Waals surface area contributed by atoms with Crippen LogP contribution in [0, 0.1) is 17.8 Å². The Morgan fingerprint density at radius 1 is 1.42 bits per heavy atom. The molecule has 0 aliphatic heterocycles. The highest BCUT2D eigenvalue weighted by atomic mass is 16.6. The van der Waals surface area contributed by atoms with Crippen molar-refractivity contribution in [3.05, 3.63) is 12.2 Å². The SMILES string of the molecule is CCCCCCC(O)C=CC1C(O)C[C@@H]2C(=NOCC(=O)O)C[C@@H]12. The lowest BCUT2D eigenvalue weighted by Crippen LogP contribution is -2.36. The quantitative estimate of drug-likeness (QED) is 0.322. The van der Waals surface area contributed by atoms with E-state index in [9.17, 15) is 15.0 Å². The van der Waals surface area contributed by atoms with E-state index in [1.54, 1.807) is 0 Å². The molecule has 136 valence electrons. The summed E-state index contributed by atoms with van der Waals surface area (Å²) in [5.41, 5.74) is 0.844. The van der Waals surface area contributed by atoms with Crippen LogP contribution in [0.4, 0.5) is 0 Å². The fourth-order valence-electron chi connectivity index (χ4n) is 3.72. The van der Waals surface area contributed by atoms with Gasteiger partial charge >= 0.3 is 5.97 Å². The Balaban J connectivity index is 1.77. The number of aliphatic carboxylic acids is 1. The second kappa shape index (κ2) is 9.18. The lowest BCUT2D eigenvalue weighted by Gasteiger charge is -2.34. The molecule has 3 unspecified atom stereocenters. The van der Waals surface area contributed by atoms with Crippen LogP contribution >= 0.6 is 0 Å². The number of aliphatic hydroxyl groups excluding tert-OH is 2. The van der Waals surface area contributed by atoms with Crippen LogP contribution in [0.1, 0.15) is 51.9 Å². The molecule has 0 heterocycles. The van der Waals surface area contributed by atoms with Gasteiger partial charge in [-0.15, -0.1) is 0 Å². The Labute approximate surface area is 143 Å². The van der Waals surface area contributed by atoms with Gasteiger partial charge in [-0.2, -0.15) is 0 Å². The number of carboxylic acid groups (broad SMARTS) is 1. The first-order chi connectivity index (χ1) is 11.5. The summed E-state index contributed by atoms with van der Waals surface area (Å²) < 4.78 is 0. The molecular weight excluding hydrogens is 310 g/mol. The van der Waals surface area contributed by atoms with Crippen LogP contribution in [0.25, 0.3) is 0 Å². The largest absolute Gasteiger partial charge is 0.479 e. The number of carbonyl (C=O) groups is 1. The molecule has 2 aliphatic rings. The molecule has 0 saturated heterocycles. The maximum atomic E-state index is 10.4. The Kier molecular flexibility index (Phi) is 7.24. The number of hydrogen-bond acceptors (Lipinski definition) is 5. The molecule has 24 heavy (non-hydrogen) atoms. The minimum atomic E-state index is -1.05. The van der Waals surface area contributed by atoms with Gasteiger partial charge in [-0.25, -0.2) is 4.79 Å². The first-order valence-electron chi connectivity index (χ1n) is 8.97. The smallest absolute Gasteiger partial charge is 0.344 e. The van der Waals surface area contributed by atoms with E-state index in [1.807, 2.05) is 12.2 Å². The van der Waals surface area contributed by atoms with Crippen LogP contribution in [-0.4, -0.2) is 45.8 Å². The molecule has 6 nitrogen and oxygen atoms in total. The topological polar surface area (TPSA) is 99.4 Å². The van der Waals surface area contributed by atoms with E-state index in [4.69, 9.17) is 9.94 Å². The fraction of sp³-hybridized carbons (Fsp3) is 0.778. The summed E-state index contributed by atoms with van der Waals surface area (Å²) in [6.45, 7) is 1.73. The Morgan fingerprint density at radius 3 is 2.92 bits per heavy atom. The van der Waals surface area contributed by atoms with Crippen LogP contribution in [-0.2, 0) is 9.63 Å². The molecule has 2 saturated carbocycles. The summed E-state index contributed by atoms with van der Waals surface area (Å²) in [4.78, 5) is 15.2. The highest BCUT2D eigenvalue weighted by Gasteiger charge is 2.51. The standard InChI is InChI=1S/C18H29NO5/c1-2-3-4-5-6-12(20)7-8-13-14-9-16(15(14)10-17(13)21)19-24-11-18(22)23/h7-8,12-15,17,20-21H,2-6,9-11H2,1H3,(H,22,23)/t12?,13?,14-,15-,17?/m0/s1. The lowest BCUT2D eigenvalue weighted by molar-refractivity contribution is -0.142. The van der Waals surface area contributed by atoms with Gasteiger partial charge in [0.15, 0.2) is 0 Å². The van der Waals surface area contributed by atoms with Crippen LogP contribution < -0.4 is 0 Å². The molecule has 5 atom stereocenters. The average molecular weight is 339 g/mol. The first kappa shape index (κ1) is 18.9. The molecule has 0 amide bonds. The van der Waals surface area contributed by atoms with Crippen molar-refractivity contribution < 1.29 is 25.0 Å². The third kappa shape index (κ3) is 5.05. The molecule has 0 aromatic carbocycles. The Bertz CT molecular complexity index is 476. The maximum Gasteiger partial charge on any atom is 0.344 e. The minimum absolute atomic E-state index is 0.0405. The first-order valence-corrected chi connectivity index (χ1v) is 8.97. The highest BCUT2D eigenvalue weighted by Crippen LogP contribution is 2.49. The predicted octanol–water partition coefficient (Wildman–Crippen LogP) is 2.35. The van der Waals surface area contributed by atoms with Gasteiger partial charge in [-0.1, -0.05) is 49.9 Å². The number of hydrogen-bond donors (Lipinski definition) is 3. The Hall–Kier alpha value is -1.40. The number of fused-ring (bicyclic) bond motifs is 1. The van der Waals surface area contributed by atoms with Gasteiger partial charge in [0.25, 0.3) is 0 Å². The van der Waals surface area contributed by atoms with E-state index in [0.29, 0.717) is 12.3 Å². The van der Waals surface area contributed by atoms with Gasteiger partial charge in [0.2, 0.25) is 6.61 Å². The molecule has 0 aromatic heterocycles. The van der Waals surface area contributed by atoms with Gasteiger partial charge in [0.1, 0.15) is 0 Å². The highest BCUT2D eigenvalue weighted by molar-refractivity contribution is 5.93. The van der Waals surface area contributed by atoms with E-state index < -0.39 is 24.8 Å². The summed E-state index contributed by atoms with van der Waals surface area (Å²) >= 11 is 0. The van der Waals surface area contributed by atoms with Crippen molar-refractivity contribution >= 4 is 11.7 Å². The number of unbranched alkanes of at least 4 members (excludes halogenated alkanes) is 3. The molecule has 3 N–H and O–H groups in total. The van der Waals surface area contributed by atoms with Crippen molar-refractivity contribution in [1.29, 1.82) is 0 Å². The minimum Gasteiger partial charge on any atom is -0.479 e. The summed E-state index contributed by atoms with van der Waals surface area (Å²) in [5, 5.41) is 32.7. The van der Waals surface area contributed by atoms with Gasteiger partial charge in [0, 0.05) is 11.8 Å². The van der Waals surface area contributed by atoms with Crippen molar-refractivity contribution in [2.45, 2.75) is 64.1 Å². The summed E-state index contributed by atoms with van der Waals surface area (Å²) in [6, 6.07) is 0. The van der Waals surface area contributed by atoms with Gasteiger partial charge in [0.05, 0.1) is 17.9 Å². The van der Waals surface area contributed by atoms with E-state index >= 15 is 0 Å². The number of aliphatic hydroxyl groups is 2. The molecule has 6 heteroatoms. The lowest BCUT2D eigenvalue weighted by atomic mass is 9.71. The third-order valence-corrected chi connectivity index (χ3v) is 5.10. The maximum absolute atomic E-state index is 10.4. The van der Waals surface area contributed by atoms with Gasteiger partial charge in [-0.05, 0) is 25.2 Å². The van der Waals surface area contributed by atoms with E-state index in [0.717, 1.165) is 31.4 Å². The summed E-state index contributed by atoms with van der Waals surface area (Å²) in [5.74, 6) is -0.519. The zero-order valence-electron chi connectivity index (χ0n) is 14.3. The van der Waals surface area contributed by atoms with E-state index in [2.05, 4.69) is 12.1 Å². The van der Waals surface area contributed by atoms with Crippen LogP contribution in [0.2, 0.25) is 0 Å². The fourth-order valence-corrected chi connectivity index (χ4v) is 3.72. The monoisotopic (exact) mass is 339 g/mol. The summed E-state index contributed by atoms with van der Waals surface area (Å²) in [6.07, 6.45) is 9.57. The van der Waals surface area contributed by atoms with Crippen LogP contribution in [0.5, 0.6) is 0 Å². The molecule has 2 rings (SSSR count). The number of rotatable bonds is 10.